The molecule has 0 bridgehead atoms. The van der Waals surface area contributed by atoms with Gasteiger partial charge in [0.05, 0.1) is 19.3 Å². The van der Waals surface area contributed by atoms with E-state index in [1.165, 1.54) is 20.0 Å². The molecule has 0 saturated carbocycles. The van der Waals surface area contributed by atoms with Crippen molar-refractivity contribution in [3.05, 3.63) is 48.0 Å². The van der Waals surface area contributed by atoms with Crippen molar-refractivity contribution < 1.29 is 24.0 Å². The van der Waals surface area contributed by atoms with E-state index in [4.69, 9.17) is 0 Å². The van der Waals surface area contributed by atoms with Gasteiger partial charge >= 0.3 is 0 Å². The smallest absolute Gasteiger partial charge is 0.171 e. The van der Waals surface area contributed by atoms with Gasteiger partial charge in [-0.25, -0.2) is 0 Å². The Bertz CT molecular complexity index is 743. The third-order valence-corrected chi connectivity index (χ3v) is 3.05. The van der Waals surface area contributed by atoms with Crippen LogP contribution in [0.25, 0.3) is 0 Å². The van der Waals surface area contributed by atoms with Gasteiger partial charge in [0.1, 0.15) is 17.3 Å². The van der Waals surface area contributed by atoms with Gasteiger partial charge in [-0.3, -0.25) is 24.0 Å². The van der Waals surface area contributed by atoms with Gasteiger partial charge < -0.3 is 9.97 Å². The third-order valence-electron chi connectivity index (χ3n) is 3.05. The number of rotatable bonds is 8. The summed E-state index contributed by atoms with van der Waals surface area (Å²) in [6.07, 6.45) is 6.04. The minimum Gasteiger partial charge on any atom is -0.367 e. The highest BCUT2D eigenvalue weighted by Crippen LogP contribution is 2.04. The van der Waals surface area contributed by atoms with Crippen molar-refractivity contribution in [2.75, 3.05) is 0 Å². The molecule has 2 aromatic rings. The summed E-state index contributed by atoms with van der Waals surface area (Å²) in [7, 11) is 0. The Balaban J connectivity index is 0.000000257. The van der Waals surface area contributed by atoms with Crippen molar-refractivity contribution in [2.45, 2.75) is 33.1 Å². The predicted octanol–water partition coefficient (Wildman–Crippen LogP) is 2.31. The minimum atomic E-state index is -0.330. The zero-order valence-corrected chi connectivity index (χ0v) is 14.1. The maximum absolute atomic E-state index is 11.3. The van der Waals surface area contributed by atoms with Gasteiger partial charge in [-0.2, -0.15) is 0 Å². The third kappa shape index (κ3) is 7.83. The summed E-state index contributed by atoms with van der Waals surface area (Å²) in [5, 5.41) is 0. The van der Waals surface area contributed by atoms with Crippen LogP contribution in [-0.4, -0.2) is 38.9 Å². The summed E-state index contributed by atoms with van der Waals surface area (Å²) < 4.78 is 0. The van der Waals surface area contributed by atoms with E-state index >= 15 is 0 Å². The van der Waals surface area contributed by atoms with E-state index < -0.39 is 0 Å². The van der Waals surface area contributed by atoms with E-state index in [9.17, 15) is 24.0 Å². The van der Waals surface area contributed by atoms with Gasteiger partial charge in [-0.05, 0) is 26.0 Å². The second-order valence-electron chi connectivity index (χ2n) is 5.52. The van der Waals surface area contributed by atoms with Crippen molar-refractivity contribution in [1.29, 1.82) is 0 Å². The van der Waals surface area contributed by atoms with Crippen molar-refractivity contribution >= 4 is 28.9 Å². The lowest BCUT2D eigenvalue weighted by atomic mass is 10.1. The van der Waals surface area contributed by atoms with Crippen molar-refractivity contribution in [2.24, 2.45) is 0 Å². The van der Waals surface area contributed by atoms with Crippen LogP contribution in [0.1, 0.15) is 53.8 Å². The van der Waals surface area contributed by atoms with Crippen molar-refractivity contribution in [3.8, 4) is 0 Å². The second kappa shape index (κ2) is 9.92. The van der Waals surface area contributed by atoms with Crippen molar-refractivity contribution in [3.63, 3.8) is 0 Å². The zero-order valence-electron chi connectivity index (χ0n) is 14.1. The van der Waals surface area contributed by atoms with Crippen LogP contribution in [0.2, 0.25) is 0 Å². The van der Waals surface area contributed by atoms with Gasteiger partial charge in [0.25, 0.3) is 0 Å². The number of carbonyl (C=O) groups excluding carboxylic acids is 5. The first kappa shape index (κ1) is 20.0. The highest BCUT2D eigenvalue weighted by Gasteiger charge is 2.13. The molecule has 2 N–H and O–H groups in total. The average molecular weight is 344 g/mol. The van der Waals surface area contributed by atoms with Gasteiger partial charge in [-0.15, -0.1) is 0 Å². The van der Waals surface area contributed by atoms with E-state index in [1.54, 1.807) is 30.7 Å². The first-order valence-electron chi connectivity index (χ1n) is 7.62. The molecule has 25 heavy (non-hydrogen) atoms. The number of aromatic nitrogens is 2. The maximum Gasteiger partial charge on any atom is 0.171 e. The number of ketones is 5. The molecular formula is C18H20N2O5. The van der Waals surface area contributed by atoms with Crippen LogP contribution >= 0.6 is 0 Å². The first-order chi connectivity index (χ1) is 11.8. The van der Waals surface area contributed by atoms with Gasteiger partial charge in [0.15, 0.2) is 11.6 Å². The molecule has 0 aliphatic heterocycles. The molecule has 0 saturated heterocycles. The Morgan fingerprint density at radius 3 is 1.52 bits per heavy atom. The van der Waals surface area contributed by atoms with Crippen LogP contribution in [0.4, 0.5) is 0 Å². The molecule has 0 spiro atoms. The standard InChI is InChI=1S/C10H11NO3.C8H9NO2/c1-7(12)4-9(13)5-10(14)8-2-3-11-6-8;1-6(10)4-8(11)7-2-3-9-5-7/h2-3,6,11H,4-5H2,1H3;2-3,5,9H,4H2,1H3. The average Bonchev–Trinajstić information content (AvgIpc) is 3.20. The van der Waals surface area contributed by atoms with Gasteiger partial charge in [0, 0.05) is 35.9 Å². The van der Waals surface area contributed by atoms with Crippen molar-refractivity contribution in [1.82, 2.24) is 9.97 Å². The number of nitrogens with one attached hydrogen (secondary N) is 2. The minimum absolute atomic E-state index is 0.00213. The fourth-order valence-electron chi connectivity index (χ4n) is 1.94. The van der Waals surface area contributed by atoms with E-state index in [-0.39, 0.29) is 48.2 Å². The Hall–Kier alpha value is -3.09. The lowest BCUT2D eigenvalue weighted by Crippen LogP contribution is -2.10. The highest BCUT2D eigenvalue weighted by atomic mass is 16.2. The number of Topliss-reactive ketones (excluding diaryl/α,β-unsaturated/α-hetero) is 5. The number of aromatic amines is 2. The Morgan fingerprint density at radius 2 is 1.16 bits per heavy atom. The summed E-state index contributed by atoms with van der Waals surface area (Å²) in [4.78, 5) is 60.1. The maximum atomic E-state index is 11.3. The van der Waals surface area contributed by atoms with Crippen LogP contribution in [0, 0.1) is 0 Å². The molecule has 0 unspecified atom stereocenters. The first-order valence-corrected chi connectivity index (χ1v) is 7.62. The van der Waals surface area contributed by atoms with Crippen LogP contribution in [0.3, 0.4) is 0 Å². The molecule has 0 fully saturated rings. The topological polar surface area (TPSA) is 117 Å². The number of carbonyl (C=O) groups is 5. The van der Waals surface area contributed by atoms with Crippen LogP contribution in [0.15, 0.2) is 36.9 Å². The molecule has 132 valence electrons. The highest BCUT2D eigenvalue weighted by molar-refractivity contribution is 6.12. The molecule has 0 aliphatic rings. The molecule has 7 nitrogen and oxygen atoms in total. The molecule has 7 heteroatoms. The Morgan fingerprint density at radius 1 is 0.720 bits per heavy atom. The molecule has 0 radical (unpaired) electrons. The molecule has 0 atom stereocenters. The normalized spacial score (nSPS) is 9.68. The fourth-order valence-corrected chi connectivity index (χ4v) is 1.94. The van der Waals surface area contributed by atoms with Crippen LogP contribution in [-0.2, 0) is 14.4 Å². The number of hydrogen-bond donors (Lipinski definition) is 2. The quantitative estimate of drug-likeness (QED) is 0.563. The van der Waals surface area contributed by atoms with Gasteiger partial charge in [0.2, 0.25) is 0 Å². The molecule has 0 aliphatic carbocycles. The summed E-state index contributed by atoms with van der Waals surface area (Å²) >= 11 is 0. The summed E-state index contributed by atoms with van der Waals surface area (Å²) in [5.41, 5.74) is 1.04. The Labute approximate surface area is 144 Å². The van der Waals surface area contributed by atoms with Crippen LogP contribution < -0.4 is 0 Å². The largest absolute Gasteiger partial charge is 0.367 e. The van der Waals surface area contributed by atoms with E-state index in [1.807, 2.05) is 0 Å². The monoisotopic (exact) mass is 344 g/mol. The molecule has 2 rings (SSSR count). The van der Waals surface area contributed by atoms with Crippen LogP contribution in [0.5, 0.6) is 0 Å². The fraction of sp³-hybridized carbons (Fsp3) is 0.278. The lowest BCUT2D eigenvalue weighted by molar-refractivity contribution is -0.125. The SMILES string of the molecule is CC(=O)CC(=O)CC(=O)c1cc[nH]c1.CC(=O)CC(=O)c1cc[nH]c1. The van der Waals surface area contributed by atoms with E-state index in [2.05, 4.69) is 9.97 Å². The zero-order chi connectivity index (χ0) is 18.8. The molecule has 2 aromatic heterocycles. The van der Waals surface area contributed by atoms with Gasteiger partial charge in [-0.1, -0.05) is 0 Å². The summed E-state index contributed by atoms with van der Waals surface area (Å²) in [5.74, 6) is -1.02. The van der Waals surface area contributed by atoms with E-state index in [0.717, 1.165) is 0 Å². The number of hydrogen-bond acceptors (Lipinski definition) is 5. The summed E-state index contributed by atoms with van der Waals surface area (Å²) in [6, 6.07) is 3.26. The number of H-pyrrole nitrogens is 2. The summed E-state index contributed by atoms with van der Waals surface area (Å²) in [6.45, 7) is 2.74. The second-order valence-corrected chi connectivity index (χ2v) is 5.52. The molecule has 2 heterocycles. The molecule has 0 amide bonds. The Kier molecular flexibility index (Phi) is 7.92. The molecule has 0 aromatic carbocycles. The lowest BCUT2D eigenvalue weighted by Gasteiger charge is -1.95. The van der Waals surface area contributed by atoms with E-state index in [0.29, 0.717) is 11.1 Å². The predicted molar refractivity (Wildman–Crippen MR) is 90.5 cm³/mol. The molecular weight excluding hydrogens is 324 g/mol.